The van der Waals surface area contributed by atoms with Crippen LogP contribution >= 0.6 is 11.6 Å². The van der Waals surface area contributed by atoms with E-state index in [-0.39, 0.29) is 17.2 Å². The van der Waals surface area contributed by atoms with Crippen LogP contribution in [0.25, 0.3) is 0 Å². The summed E-state index contributed by atoms with van der Waals surface area (Å²) < 4.78 is 0. The Balaban J connectivity index is 2.04. The van der Waals surface area contributed by atoms with Gasteiger partial charge in [-0.05, 0) is 30.5 Å². The maximum absolute atomic E-state index is 11.4. The number of hydrogen-bond donors (Lipinski definition) is 2. The van der Waals surface area contributed by atoms with Gasteiger partial charge in [-0.3, -0.25) is 4.79 Å². The standard InChI is InChI=1S/C9H11ClN4O/c10-9-12-5-3-7(14-9)13-6-2-1-4-11-8(6)15/h3,5-6H,1-2,4H2,(H,11,15)(H,12,13,14). The highest BCUT2D eigenvalue weighted by Gasteiger charge is 2.21. The van der Waals surface area contributed by atoms with E-state index in [1.54, 1.807) is 12.3 Å². The summed E-state index contributed by atoms with van der Waals surface area (Å²) in [5.74, 6) is 0.591. The summed E-state index contributed by atoms with van der Waals surface area (Å²) in [6, 6.07) is 1.47. The molecule has 1 atom stereocenters. The fourth-order valence-electron chi connectivity index (χ4n) is 1.50. The molecule has 1 aliphatic rings. The molecule has 2 heterocycles. The molecule has 0 radical (unpaired) electrons. The lowest BCUT2D eigenvalue weighted by Gasteiger charge is -2.22. The van der Waals surface area contributed by atoms with Crippen molar-refractivity contribution in [2.75, 3.05) is 11.9 Å². The van der Waals surface area contributed by atoms with E-state index >= 15 is 0 Å². The average Bonchev–Trinajstić information content (AvgIpc) is 2.22. The highest BCUT2D eigenvalue weighted by molar-refractivity contribution is 6.28. The summed E-state index contributed by atoms with van der Waals surface area (Å²) in [5, 5.41) is 5.99. The number of anilines is 1. The minimum Gasteiger partial charge on any atom is -0.358 e. The molecule has 0 saturated carbocycles. The topological polar surface area (TPSA) is 66.9 Å². The number of rotatable bonds is 2. The smallest absolute Gasteiger partial charge is 0.242 e. The molecule has 1 fully saturated rings. The van der Waals surface area contributed by atoms with E-state index in [4.69, 9.17) is 11.6 Å². The van der Waals surface area contributed by atoms with Crippen molar-refractivity contribution < 1.29 is 4.79 Å². The van der Waals surface area contributed by atoms with Gasteiger partial charge in [0.1, 0.15) is 11.9 Å². The van der Waals surface area contributed by atoms with Crippen LogP contribution in [-0.4, -0.2) is 28.5 Å². The van der Waals surface area contributed by atoms with E-state index in [1.165, 1.54) is 0 Å². The van der Waals surface area contributed by atoms with E-state index in [0.29, 0.717) is 5.82 Å². The predicted molar refractivity (Wildman–Crippen MR) is 56.7 cm³/mol. The quantitative estimate of drug-likeness (QED) is 0.733. The Morgan fingerprint density at radius 2 is 2.47 bits per heavy atom. The van der Waals surface area contributed by atoms with Gasteiger partial charge in [-0.15, -0.1) is 0 Å². The van der Waals surface area contributed by atoms with Gasteiger partial charge in [-0.25, -0.2) is 9.97 Å². The molecule has 15 heavy (non-hydrogen) atoms. The van der Waals surface area contributed by atoms with Gasteiger partial charge in [-0.1, -0.05) is 0 Å². The van der Waals surface area contributed by atoms with Crippen LogP contribution in [0.4, 0.5) is 5.82 Å². The first-order valence-corrected chi connectivity index (χ1v) is 5.16. The number of carbonyl (C=O) groups excluding carboxylic acids is 1. The molecule has 2 rings (SSSR count). The molecule has 0 aliphatic carbocycles. The normalized spacial score (nSPS) is 20.9. The minimum absolute atomic E-state index is 0.0102. The Morgan fingerprint density at radius 3 is 3.20 bits per heavy atom. The zero-order valence-corrected chi connectivity index (χ0v) is 8.79. The summed E-state index contributed by atoms with van der Waals surface area (Å²) in [6.45, 7) is 0.752. The molecule has 1 aromatic heterocycles. The fraction of sp³-hybridized carbons (Fsp3) is 0.444. The molecule has 5 nitrogen and oxygen atoms in total. The molecule has 0 spiro atoms. The van der Waals surface area contributed by atoms with Crippen LogP contribution < -0.4 is 10.6 Å². The molecule has 1 aliphatic heterocycles. The second-order valence-corrected chi connectivity index (χ2v) is 3.68. The maximum atomic E-state index is 11.4. The number of aromatic nitrogens is 2. The molecule has 1 unspecified atom stereocenters. The van der Waals surface area contributed by atoms with Gasteiger partial charge in [0.05, 0.1) is 0 Å². The number of amides is 1. The van der Waals surface area contributed by atoms with Gasteiger partial charge in [0.25, 0.3) is 0 Å². The Bertz CT molecular complexity index is 371. The lowest BCUT2D eigenvalue weighted by atomic mass is 10.1. The summed E-state index contributed by atoms with van der Waals surface area (Å²) in [5.41, 5.74) is 0. The fourth-order valence-corrected chi connectivity index (χ4v) is 1.65. The van der Waals surface area contributed by atoms with Crippen LogP contribution in [0, 0.1) is 0 Å². The maximum Gasteiger partial charge on any atom is 0.242 e. The third-order valence-electron chi connectivity index (χ3n) is 2.23. The third-order valence-corrected chi connectivity index (χ3v) is 2.42. The second-order valence-electron chi connectivity index (χ2n) is 3.34. The summed E-state index contributed by atoms with van der Waals surface area (Å²) in [7, 11) is 0. The number of halogens is 1. The molecule has 6 heteroatoms. The summed E-state index contributed by atoms with van der Waals surface area (Å²) in [6.07, 6.45) is 3.34. The first-order valence-electron chi connectivity index (χ1n) is 4.78. The van der Waals surface area contributed by atoms with Crippen LogP contribution in [0.15, 0.2) is 12.3 Å². The van der Waals surface area contributed by atoms with Crippen LogP contribution in [0.5, 0.6) is 0 Å². The van der Waals surface area contributed by atoms with Crippen LogP contribution in [-0.2, 0) is 4.79 Å². The molecule has 80 valence electrons. The van der Waals surface area contributed by atoms with Crippen LogP contribution in [0.2, 0.25) is 5.28 Å². The summed E-state index contributed by atoms with van der Waals surface area (Å²) >= 11 is 5.64. The van der Waals surface area contributed by atoms with Gasteiger partial charge in [0.15, 0.2) is 0 Å². The van der Waals surface area contributed by atoms with E-state index in [9.17, 15) is 4.79 Å². The highest BCUT2D eigenvalue weighted by atomic mass is 35.5. The van der Waals surface area contributed by atoms with Crippen molar-refractivity contribution in [2.45, 2.75) is 18.9 Å². The zero-order chi connectivity index (χ0) is 10.7. The lowest BCUT2D eigenvalue weighted by molar-refractivity contribution is -0.123. The molecule has 0 bridgehead atoms. The van der Waals surface area contributed by atoms with Gasteiger partial charge >= 0.3 is 0 Å². The van der Waals surface area contributed by atoms with E-state index in [1.807, 2.05) is 0 Å². The Kier molecular flexibility index (Phi) is 3.01. The molecule has 1 aromatic rings. The van der Waals surface area contributed by atoms with Crippen molar-refractivity contribution in [3.63, 3.8) is 0 Å². The Morgan fingerprint density at radius 1 is 1.60 bits per heavy atom. The number of nitrogens with zero attached hydrogens (tertiary/aromatic N) is 2. The summed E-state index contributed by atoms with van der Waals surface area (Å²) in [4.78, 5) is 19.2. The molecular formula is C9H11ClN4O. The molecule has 1 saturated heterocycles. The zero-order valence-electron chi connectivity index (χ0n) is 8.03. The van der Waals surface area contributed by atoms with Crippen molar-refractivity contribution in [2.24, 2.45) is 0 Å². The third kappa shape index (κ3) is 2.56. The first kappa shape index (κ1) is 10.2. The van der Waals surface area contributed by atoms with Crippen LogP contribution in [0.1, 0.15) is 12.8 Å². The molecule has 2 N–H and O–H groups in total. The number of piperidine rings is 1. The van der Waals surface area contributed by atoms with E-state index in [0.717, 1.165) is 19.4 Å². The van der Waals surface area contributed by atoms with E-state index < -0.39 is 0 Å². The molecule has 0 aromatic carbocycles. The SMILES string of the molecule is O=C1NCCCC1Nc1ccnc(Cl)n1. The monoisotopic (exact) mass is 226 g/mol. The van der Waals surface area contributed by atoms with Crippen molar-refractivity contribution in [3.8, 4) is 0 Å². The minimum atomic E-state index is -0.218. The number of hydrogen-bond acceptors (Lipinski definition) is 4. The van der Waals surface area contributed by atoms with E-state index in [2.05, 4.69) is 20.6 Å². The number of nitrogens with one attached hydrogen (secondary N) is 2. The Labute approximate surface area is 92.3 Å². The van der Waals surface area contributed by atoms with Gasteiger partial charge < -0.3 is 10.6 Å². The van der Waals surface area contributed by atoms with Crippen molar-refractivity contribution in [3.05, 3.63) is 17.5 Å². The largest absolute Gasteiger partial charge is 0.358 e. The molecular weight excluding hydrogens is 216 g/mol. The highest BCUT2D eigenvalue weighted by Crippen LogP contribution is 2.11. The Hall–Kier alpha value is -1.36. The van der Waals surface area contributed by atoms with Crippen molar-refractivity contribution >= 4 is 23.3 Å². The van der Waals surface area contributed by atoms with Crippen molar-refractivity contribution in [1.82, 2.24) is 15.3 Å². The first-order chi connectivity index (χ1) is 7.25. The second kappa shape index (κ2) is 4.44. The van der Waals surface area contributed by atoms with Crippen molar-refractivity contribution in [1.29, 1.82) is 0 Å². The van der Waals surface area contributed by atoms with Gasteiger partial charge in [-0.2, -0.15) is 0 Å². The molecule has 1 amide bonds. The lowest BCUT2D eigenvalue weighted by Crippen LogP contribution is -2.44. The van der Waals surface area contributed by atoms with Crippen LogP contribution in [0.3, 0.4) is 0 Å². The predicted octanol–water partition coefficient (Wildman–Crippen LogP) is 0.820. The van der Waals surface area contributed by atoms with Gasteiger partial charge in [0.2, 0.25) is 11.2 Å². The average molecular weight is 227 g/mol. The number of carbonyl (C=O) groups is 1. The van der Waals surface area contributed by atoms with Gasteiger partial charge in [0, 0.05) is 12.7 Å².